The molecular formula is C54H41N3OS2. The SMILES string of the molecule is CC(C)(C)c1ccnc(-c2c3cc(Oc4cccc(N5CN(c6c(-c7ccccc7)cccc6-c6ccccc6)c6ccccc65)c4)sc3cc3sc4ccccc4c23)c1. The Bertz CT molecular complexity index is 3160. The van der Waals surface area contributed by atoms with Gasteiger partial charge in [0.05, 0.1) is 22.8 Å². The van der Waals surface area contributed by atoms with Gasteiger partial charge in [-0.15, -0.1) is 11.3 Å². The number of pyridine rings is 1. The van der Waals surface area contributed by atoms with Gasteiger partial charge in [0.2, 0.25) is 0 Å². The lowest BCUT2D eigenvalue weighted by molar-refractivity contribution is 0.497. The van der Waals surface area contributed by atoms with Gasteiger partial charge in [-0.1, -0.05) is 147 Å². The molecule has 0 amide bonds. The Morgan fingerprint density at radius 1 is 0.550 bits per heavy atom. The fourth-order valence-electron chi connectivity index (χ4n) is 8.71. The molecule has 290 valence electrons. The number of benzene rings is 7. The summed E-state index contributed by atoms with van der Waals surface area (Å²) in [6, 6.07) is 63.1. The number of para-hydroxylation sites is 3. The summed E-state index contributed by atoms with van der Waals surface area (Å²) in [6.45, 7) is 7.43. The van der Waals surface area contributed by atoms with Crippen LogP contribution in [0.1, 0.15) is 26.3 Å². The lowest BCUT2D eigenvalue weighted by Gasteiger charge is -2.27. The maximum Gasteiger partial charge on any atom is 0.182 e. The van der Waals surface area contributed by atoms with Crippen LogP contribution in [-0.4, -0.2) is 11.7 Å². The van der Waals surface area contributed by atoms with E-state index in [9.17, 15) is 0 Å². The van der Waals surface area contributed by atoms with Crippen LogP contribution in [0.2, 0.25) is 0 Å². The van der Waals surface area contributed by atoms with E-state index in [4.69, 9.17) is 9.72 Å². The molecule has 0 unspecified atom stereocenters. The van der Waals surface area contributed by atoms with Crippen molar-refractivity contribution in [3.05, 3.63) is 188 Å². The normalized spacial score (nSPS) is 12.8. The van der Waals surface area contributed by atoms with Crippen LogP contribution in [0.15, 0.2) is 182 Å². The van der Waals surface area contributed by atoms with Crippen LogP contribution in [0.5, 0.6) is 10.8 Å². The summed E-state index contributed by atoms with van der Waals surface area (Å²) in [6.07, 6.45) is 1.96. The molecule has 0 radical (unpaired) electrons. The van der Waals surface area contributed by atoms with E-state index in [-0.39, 0.29) is 5.41 Å². The van der Waals surface area contributed by atoms with Gasteiger partial charge in [-0.3, -0.25) is 4.98 Å². The zero-order valence-corrected chi connectivity index (χ0v) is 35.2. The van der Waals surface area contributed by atoms with E-state index in [0.717, 1.165) is 39.0 Å². The first-order chi connectivity index (χ1) is 29.4. The predicted molar refractivity (Wildman–Crippen MR) is 256 cm³/mol. The average Bonchev–Trinajstić information content (AvgIpc) is 3.99. The maximum atomic E-state index is 6.84. The molecule has 0 atom stereocenters. The molecule has 10 aromatic rings. The number of hydrogen-bond donors (Lipinski definition) is 0. The molecule has 0 aliphatic carbocycles. The highest BCUT2D eigenvalue weighted by Crippen LogP contribution is 2.51. The van der Waals surface area contributed by atoms with Gasteiger partial charge in [0, 0.05) is 71.0 Å². The van der Waals surface area contributed by atoms with Gasteiger partial charge in [0.25, 0.3) is 0 Å². The molecule has 60 heavy (non-hydrogen) atoms. The van der Waals surface area contributed by atoms with E-state index >= 15 is 0 Å². The molecule has 0 spiro atoms. The van der Waals surface area contributed by atoms with Crippen molar-refractivity contribution < 1.29 is 4.74 Å². The highest BCUT2D eigenvalue weighted by atomic mass is 32.1. The van der Waals surface area contributed by atoms with Crippen LogP contribution in [0, 0.1) is 0 Å². The number of thiophene rings is 2. The maximum absolute atomic E-state index is 6.84. The molecular weight excluding hydrogens is 771 g/mol. The summed E-state index contributed by atoms with van der Waals surface area (Å²) in [5.41, 5.74) is 12.8. The Morgan fingerprint density at radius 2 is 1.22 bits per heavy atom. The molecule has 4 heterocycles. The van der Waals surface area contributed by atoms with Crippen LogP contribution < -0.4 is 14.5 Å². The molecule has 1 aliphatic heterocycles. The summed E-state index contributed by atoms with van der Waals surface area (Å²) in [5, 5.41) is 4.54. The van der Waals surface area contributed by atoms with E-state index in [1.54, 1.807) is 11.3 Å². The minimum atomic E-state index is -0.00228. The quantitative estimate of drug-likeness (QED) is 0.160. The molecule has 0 fully saturated rings. The first-order valence-electron chi connectivity index (χ1n) is 20.4. The second-order valence-electron chi connectivity index (χ2n) is 16.4. The molecule has 0 N–H and O–H groups in total. The zero-order valence-electron chi connectivity index (χ0n) is 33.6. The first kappa shape index (κ1) is 36.4. The standard InChI is InChI=1S/C54H41N3OS2/c1-54(2,3)37-28-29-55-44(30-37)51-43-32-50(60-48(43)33-49-52(51)42-22-10-13-27-47(42)59-49)58-39-21-14-20-38(31-39)56-34-57(46-26-12-11-25-45(46)56)53-40(35-16-6-4-7-17-35)23-15-24-41(53)36-18-8-5-9-19-36/h4-33H,34H2,1-3H3. The second kappa shape index (κ2) is 14.5. The Labute approximate surface area is 358 Å². The number of nitrogens with zero attached hydrogens (tertiary/aromatic N) is 3. The number of anilines is 4. The van der Waals surface area contributed by atoms with Gasteiger partial charge >= 0.3 is 0 Å². The van der Waals surface area contributed by atoms with E-state index in [1.807, 2.05) is 17.5 Å². The van der Waals surface area contributed by atoms with Crippen molar-refractivity contribution >= 4 is 75.7 Å². The molecule has 7 aromatic carbocycles. The molecule has 1 aliphatic rings. The van der Waals surface area contributed by atoms with Crippen molar-refractivity contribution in [3.63, 3.8) is 0 Å². The van der Waals surface area contributed by atoms with Crippen LogP contribution in [0.25, 0.3) is 63.8 Å². The fourth-order valence-corrected chi connectivity index (χ4v) is 10.9. The van der Waals surface area contributed by atoms with Crippen molar-refractivity contribution in [3.8, 4) is 44.3 Å². The van der Waals surface area contributed by atoms with Gasteiger partial charge < -0.3 is 14.5 Å². The van der Waals surface area contributed by atoms with Gasteiger partial charge in [-0.25, -0.2) is 0 Å². The van der Waals surface area contributed by atoms with Crippen molar-refractivity contribution in [1.29, 1.82) is 0 Å². The second-order valence-corrected chi connectivity index (χ2v) is 18.5. The lowest BCUT2D eigenvalue weighted by atomic mass is 9.86. The highest BCUT2D eigenvalue weighted by Gasteiger charge is 2.31. The summed E-state index contributed by atoms with van der Waals surface area (Å²) in [4.78, 5) is 9.88. The topological polar surface area (TPSA) is 28.6 Å². The molecule has 0 bridgehead atoms. The third-order valence-electron chi connectivity index (χ3n) is 11.6. The summed E-state index contributed by atoms with van der Waals surface area (Å²) < 4.78 is 10.6. The van der Waals surface area contributed by atoms with Gasteiger partial charge in [0.1, 0.15) is 12.4 Å². The van der Waals surface area contributed by atoms with Crippen molar-refractivity contribution in [2.45, 2.75) is 26.2 Å². The average molecular weight is 812 g/mol. The summed E-state index contributed by atoms with van der Waals surface area (Å²) in [7, 11) is 0. The van der Waals surface area contributed by atoms with E-state index in [0.29, 0.717) is 6.67 Å². The first-order valence-corrected chi connectivity index (χ1v) is 22.0. The highest BCUT2D eigenvalue weighted by molar-refractivity contribution is 7.26. The molecule has 11 rings (SSSR count). The number of hydrogen-bond acceptors (Lipinski definition) is 6. The number of fused-ring (bicyclic) bond motifs is 5. The third kappa shape index (κ3) is 6.31. The predicted octanol–water partition coefficient (Wildman–Crippen LogP) is 16.0. The summed E-state index contributed by atoms with van der Waals surface area (Å²) >= 11 is 3.54. The minimum absolute atomic E-state index is 0.00228. The van der Waals surface area contributed by atoms with Gasteiger partial charge in [0.15, 0.2) is 5.06 Å². The number of ether oxygens (including phenoxy) is 1. The molecule has 3 aromatic heterocycles. The van der Waals surface area contributed by atoms with Crippen LogP contribution in [-0.2, 0) is 5.41 Å². The van der Waals surface area contributed by atoms with Crippen molar-refractivity contribution in [1.82, 2.24) is 4.98 Å². The zero-order chi connectivity index (χ0) is 40.4. The van der Waals surface area contributed by atoms with E-state index < -0.39 is 0 Å². The van der Waals surface area contributed by atoms with Gasteiger partial charge in [-0.05, 0) is 70.6 Å². The third-order valence-corrected chi connectivity index (χ3v) is 13.7. The van der Waals surface area contributed by atoms with Crippen LogP contribution in [0.4, 0.5) is 22.7 Å². The Hall–Kier alpha value is -6.73. The van der Waals surface area contributed by atoms with Crippen LogP contribution in [0.3, 0.4) is 0 Å². The Balaban J connectivity index is 0.990. The van der Waals surface area contributed by atoms with Crippen molar-refractivity contribution in [2.75, 3.05) is 16.5 Å². The number of rotatable bonds is 7. The lowest BCUT2D eigenvalue weighted by Crippen LogP contribution is -2.24. The van der Waals surface area contributed by atoms with Crippen LogP contribution >= 0.6 is 22.7 Å². The molecule has 0 saturated heterocycles. The molecule has 4 nitrogen and oxygen atoms in total. The largest absolute Gasteiger partial charge is 0.447 e. The Kier molecular flexibility index (Phi) is 8.80. The molecule has 6 heteroatoms. The van der Waals surface area contributed by atoms with Crippen molar-refractivity contribution in [2.24, 2.45) is 0 Å². The fraction of sp³-hybridized carbons (Fsp3) is 0.0926. The van der Waals surface area contributed by atoms with E-state index in [2.05, 4.69) is 206 Å². The van der Waals surface area contributed by atoms with E-state index in [1.165, 1.54) is 63.9 Å². The molecule has 0 saturated carbocycles. The monoisotopic (exact) mass is 811 g/mol. The summed E-state index contributed by atoms with van der Waals surface area (Å²) in [5.74, 6) is 0.798. The van der Waals surface area contributed by atoms with Gasteiger partial charge in [-0.2, -0.15) is 0 Å². The Morgan fingerprint density at radius 3 is 1.95 bits per heavy atom. The smallest absolute Gasteiger partial charge is 0.182 e. The number of aromatic nitrogens is 1. The minimum Gasteiger partial charge on any atom is -0.447 e.